The molecule has 18 heavy (non-hydrogen) atoms. The molecule has 0 spiro atoms. The molecule has 94 valence electrons. The van der Waals surface area contributed by atoms with Crippen molar-refractivity contribution in [2.45, 2.75) is 12.8 Å². The van der Waals surface area contributed by atoms with Crippen LogP contribution in [0.1, 0.15) is 23.2 Å². The van der Waals surface area contributed by atoms with Crippen molar-refractivity contribution in [2.75, 3.05) is 6.61 Å². The number of benzene rings is 1. The number of nitro benzene ring substituents is 1. The van der Waals surface area contributed by atoms with Crippen molar-refractivity contribution >= 4 is 11.7 Å². The molecule has 0 radical (unpaired) electrons. The van der Waals surface area contributed by atoms with Gasteiger partial charge in [-0.25, -0.2) is 4.79 Å². The second kappa shape index (κ2) is 6.20. The lowest BCUT2D eigenvalue weighted by Gasteiger charge is -2.06. The summed E-state index contributed by atoms with van der Waals surface area (Å²) in [5.74, 6) is -1.24. The predicted octanol–water partition coefficient (Wildman–Crippen LogP) is 1.98. The number of nitrogens with zero attached hydrogens (tertiary/aromatic N) is 2. The summed E-state index contributed by atoms with van der Waals surface area (Å²) in [6, 6.07) is 5.35. The average molecular weight is 250 g/mol. The van der Waals surface area contributed by atoms with E-state index in [1.807, 2.05) is 6.07 Å². The normalized spacial score (nSPS) is 9.50. The lowest BCUT2D eigenvalue weighted by molar-refractivity contribution is -0.385. The van der Waals surface area contributed by atoms with E-state index in [1.165, 1.54) is 12.1 Å². The number of carboxylic acids is 1. The molecule has 0 aliphatic rings. The Morgan fingerprint density at radius 3 is 2.83 bits per heavy atom. The number of nitro groups is 1. The Labute approximate surface area is 102 Å². The van der Waals surface area contributed by atoms with Gasteiger partial charge in [0.25, 0.3) is 0 Å². The van der Waals surface area contributed by atoms with Crippen LogP contribution in [0.25, 0.3) is 0 Å². The maximum Gasteiger partial charge on any atom is 0.335 e. The third-order valence-electron chi connectivity index (χ3n) is 2.09. The molecule has 0 aliphatic heterocycles. The summed E-state index contributed by atoms with van der Waals surface area (Å²) in [7, 11) is 0. The molecule has 0 fully saturated rings. The molecule has 0 saturated heterocycles. The standard InChI is InChI=1S/C11H10N2O5/c12-5-1-2-6-18-10-4-3-8(11(14)15)7-9(10)13(16)17/h3-4,7H,1-2,6H2,(H,14,15). The van der Waals surface area contributed by atoms with E-state index >= 15 is 0 Å². The highest BCUT2D eigenvalue weighted by molar-refractivity contribution is 5.88. The van der Waals surface area contributed by atoms with E-state index in [0.717, 1.165) is 6.07 Å². The van der Waals surface area contributed by atoms with Gasteiger partial charge < -0.3 is 9.84 Å². The highest BCUT2D eigenvalue weighted by Crippen LogP contribution is 2.28. The molecule has 0 aliphatic carbocycles. The number of unbranched alkanes of at least 4 members (excludes halogenated alkanes) is 1. The SMILES string of the molecule is N#CCCCOc1ccc(C(=O)O)cc1[N+](=O)[O-]. The van der Waals surface area contributed by atoms with Crippen LogP contribution >= 0.6 is 0 Å². The summed E-state index contributed by atoms with van der Waals surface area (Å²) in [4.78, 5) is 20.8. The minimum Gasteiger partial charge on any atom is -0.487 e. The average Bonchev–Trinajstić information content (AvgIpc) is 2.34. The van der Waals surface area contributed by atoms with Gasteiger partial charge in [-0.1, -0.05) is 0 Å². The van der Waals surface area contributed by atoms with E-state index in [9.17, 15) is 14.9 Å². The second-order valence-corrected chi connectivity index (χ2v) is 3.35. The first kappa shape index (κ1) is 13.4. The Bertz CT molecular complexity index is 507. The van der Waals surface area contributed by atoms with E-state index in [1.54, 1.807) is 0 Å². The van der Waals surface area contributed by atoms with E-state index in [2.05, 4.69) is 0 Å². The van der Waals surface area contributed by atoms with Crippen molar-refractivity contribution in [1.29, 1.82) is 5.26 Å². The van der Waals surface area contributed by atoms with Crippen molar-refractivity contribution in [3.05, 3.63) is 33.9 Å². The third kappa shape index (κ3) is 3.45. The van der Waals surface area contributed by atoms with Gasteiger partial charge in [-0.05, 0) is 18.6 Å². The largest absolute Gasteiger partial charge is 0.487 e. The maximum atomic E-state index is 10.8. The van der Waals surface area contributed by atoms with E-state index in [0.29, 0.717) is 12.8 Å². The molecular weight excluding hydrogens is 240 g/mol. The summed E-state index contributed by atoms with van der Waals surface area (Å²) in [6.07, 6.45) is 0.745. The van der Waals surface area contributed by atoms with Crippen LogP contribution in [0.3, 0.4) is 0 Å². The van der Waals surface area contributed by atoms with Crippen LogP contribution in [-0.4, -0.2) is 22.6 Å². The second-order valence-electron chi connectivity index (χ2n) is 3.35. The molecule has 1 aromatic rings. The number of nitriles is 1. The van der Waals surface area contributed by atoms with E-state index in [-0.39, 0.29) is 17.9 Å². The van der Waals surface area contributed by atoms with Gasteiger partial charge in [-0.15, -0.1) is 0 Å². The van der Waals surface area contributed by atoms with Gasteiger partial charge in [0, 0.05) is 12.5 Å². The first-order valence-electron chi connectivity index (χ1n) is 5.07. The molecule has 1 aromatic carbocycles. The molecule has 1 rings (SSSR count). The van der Waals surface area contributed by atoms with Crippen LogP contribution in [-0.2, 0) is 0 Å². The number of aromatic carboxylic acids is 1. The zero-order valence-electron chi connectivity index (χ0n) is 9.33. The fraction of sp³-hybridized carbons (Fsp3) is 0.273. The molecule has 7 nitrogen and oxygen atoms in total. The molecule has 0 amide bonds. The van der Waals surface area contributed by atoms with Crippen molar-refractivity contribution in [3.8, 4) is 11.8 Å². The number of rotatable bonds is 6. The van der Waals surface area contributed by atoms with Gasteiger partial charge >= 0.3 is 11.7 Å². The molecule has 0 bridgehead atoms. The molecule has 0 saturated carbocycles. The fourth-order valence-electron chi connectivity index (χ4n) is 1.25. The summed E-state index contributed by atoms with van der Waals surface area (Å²) in [5, 5.41) is 27.8. The molecule has 0 aromatic heterocycles. The molecule has 0 atom stereocenters. The lowest BCUT2D eigenvalue weighted by Crippen LogP contribution is -2.03. The number of carbonyl (C=O) groups is 1. The molecule has 0 unspecified atom stereocenters. The Morgan fingerprint density at radius 1 is 1.56 bits per heavy atom. The third-order valence-corrected chi connectivity index (χ3v) is 2.09. The lowest BCUT2D eigenvalue weighted by atomic mass is 10.2. The Kier molecular flexibility index (Phi) is 4.63. The van der Waals surface area contributed by atoms with Crippen molar-refractivity contribution in [2.24, 2.45) is 0 Å². The molecule has 0 heterocycles. The van der Waals surface area contributed by atoms with Crippen LogP contribution < -0.4 is 4.74 Å². The van der Waals surface area contributed by atoms with Gasteiger partial charge in [0.15, 0.2) is 5.75 Å². The highest BCUT2D eigenvalue weighted by atomic mass is 16.6. The molecule has 1 N–H and O–H groups in total. The quantitative estimate of drug-likeness (QED) is 0.469. The van der Waals surface area contributed by atoms with Crippen LogP contribution in [0.2, 0.25) is 0 Å². The Morgan fingerprint density at radius 2 is 2.28 bits per heavy atom. The number of hydrogen-bond donors (Lipinski definition) is 1. The first-order valence-corrected chi connectivity index (χ1v) is 5.07. The number of carboxylic acid groups (broad SMARTS) is 1. The van der Waals surface area contributed by atoms with Crippen molar-refractivity contribution in [3.63, 3.8) is 0 Å². The zero-order valence-corrected chi connectivity index (χ0v) is 9.33. The van der Waals surface area contributed by atoms with E-state index < -0.39 is 16.6 Å². The van der Waals surface area contributed by atoms with Crippen LogP contribution in [0.4, 0.5) is 5.69 Å². The smallest absolute Gasteiger partial charge is 0.335 e. The maximum absolute atomic E-state index is 10.8. The summed E-state index contributed by atoms with van der Waals surface area (Å²) < 4.78 is 5.15. The molecular formula is C11H10N2O5. The predicted molar refractivity (Wildman–Crippen MR) is 60.4 cm³/mol. The highest BCUT2D eigenvalue weighted by Gasteiger charge is 2.18. The number of hydrogen-bond acceptors (Lipinski definition) is 5. The van der Waals surface area contributed by atoms with Gasteiger partial charge in [-0.3, -0.25) is 10.1 Å². The topological polar surface area (TPSA) is 113 Å². The first-order chi connectivity index (χ1) is 8.56. The summed E-state index contributed by atoms with van der Waals surface area (Å²) in [5.41, 5.74) is -0.571. The monoisotopic (exact) mass is 250 g/mol. The van der Waals surface area contributed by atoms with Gasteiger partial charge in [-0.2, -0.15) is 5.26 Å². The fourth-order valence-corrected chi connectivity index (χ4v) is 1.25. The Balaban J connectivity index is 2.87. The van der Waals surface area contributed by atoms with Crippen LogP contribution in [0.5, 0.6) is 5.75 Å². The summed E-state index contributed by atoms with van der Waals surface area (Å²) >= 11 is 0. The van der Waals surface area contributed by atoms with Gasteiger partial charge in [0.05, 0.1) is 23.2 Å². The van der Waals surface area contributed by atoms with Crippen molar-refractivity contribution in [1.82, 2.24) is 0 Å². The van der Waals surface area contributed by atoms with Crippen molar-refractivity contribution < 1.29 is 19.6 Å². The Hall–Kier alpha value is -2.62. The minimum atomic E-state index is -1.24. The van der Waals surface area contributed by atoms with Crippen LogP contribution in [0.15, 0.2) is 18.2 Å². The molecule has 7 heteroatoms. The zero-order chi connectivity index (χ0) is 13.5. The summed E-state index contributed by atoms with van der Waals surface area (Å²) in [6.45, 7) is 0.167. The van der Waals surface area contributed by atoms with Crippen LogP contribution in [0, 0.1) is 21.4 Å². The minimum absolute atomic E-state index is 0.00272. The van der Waals surface area contributed by atoms with Gasteiger partial charge in [0.2, 0.25) is 0 Å². The van der Waals surface area contributed by atoms with Gasteiger partial charge in [0.1, 0.15) is 0 Å². The van der Waals surface area contributed by atoms with E-state index in [4.69, 9.17) is 15.1 Å². The number of ether oxygens (including phenoxy) is 1.